The summed E-state index contributed by atoms with van der Waals surface area (Å²) in [5, 5.41) is 12.2. The van der Waals surface area contributed by atoms with Crippen molar-refractivity contribution >= 4 is 5.97 Å². The van der Waals surface area contributed by atoms with E-state index in [2.05, 4.69) is 11.9 Å². The van der Waals surface area contributed by atoms with Gasteiger partial charge in [0.25, 0.3) is 0 Å². The first-order chi connectivity index (χ1) is 7.21. The summed E-state index contributed by atoms with van der Waals surface area (Å²) in [4.78, 5) is 11.0. The largest absolute Gasteiger partial charge is 0.480 e. The van der Waals surface area contributed by atoms with Crippen LogP contribution < -0.4 is 5.32 Å². The summed E-state index contributed by atoms with van der Waals surface area (Å²) in [7, 11) is 0. The topological polar surface area (TPSA) is 49.3 Å². The molecule has 0 aromatic rings. The Morgan fingerprint density at radius 3 is 2.60 bits per heavy atom. The van der Waals surface area contributed by atoms with Crippen LogP contribution in [-0.2, 0) is 4.79 Å². The van der Waals surface area contributed by atoms with Crippen LogP contribution >= 0.6 is 0 Å². The van der Waals surface area contributed by atoms with Gasteiger partial charge in [0, 0.05) is 0 Å². The molecule has 3 heteroatoms. The first-order valence-electron chi connectivity index (χ1n) is 5.80. The quantitative estimate of drug-likeness (QED) is 0.478. The summed E-state index contributed by atoms with van der Waals surface area (Å²) in [6.07, 6.45) is 8.96. The lowest BCUT2D eigenvalue weighted by molar-refractivity contribution is -0.148. The van der Waals surface area contributed by atoms with Crippen molar-refractivity contribution in [2.24, 2.45) is 0 Å². The van der Waals surface area contributed by atoms with Crippen molar-refractivity contribution in [3.05, 3.63) is 12.7 Å². The third kappa shape index (κ3) is 3.34. The van der Waals surface area contributed by atoms with Crippen LogP contribution in [0.3, 0.4) is 0 Å². The van der Waals surface area contributed by atoms with Crippen LogP contribution in [0.25, 0.3) is 0 Å². The van der Waals surface area contributed by atoms with Gasteiger partial charge in [-0.15, -0.1) is 6.58 Å². The Labute approximate surface area is 91.6 Å². The van der Waals surface area contributed by atoms with Crippen molar-refractivity contribution < 1.29 is 9.90 Å². The van der Waals surface area contributed by atoms with Crippen LogP contribution in [0.1, 0.15) is 44.9 Å². The number of hydrogen-bond acceptors (Lipinski definition) is 2. The minimum atomic E-state index is -0.681. The number of aliphatic carboxylic acids is 1. The summed E-state index contributed by atoms with van der Waals surface area (Å²) < 4.78 is 0. The van der Waals surface area contributed by atoms with Gasteiger partial charge >= 0.3 is 5.97 Å². The van der Waals surface area contributed by atoms with E-state index in [0.717, 1.165) is 51.5 Å². The van der Waals surface area contributed by atoms with E-state index in [9.17, 15) is 4.79 Å². The molecule has 1 saturated carbocycles. The Balaban J connectivity index is 2.08. The zero-order chi connectivity index (χ0) is 11.1. The monoisotopic (exact) mass is 211 g/mol. The molecule has 0 aliphatic heterocycles. The fraction of sp³-hybridized carbons (Fsp3) is 0.750. The summed E-state index contributed by atoms with van der Waals surface area (Å²) in [6.45, 7) is 4.49. The maximum absolute atomic E-state index is 11.0. The molecule has 0 aromatic carbocycles. The Kier molecular flexibility index (Phi) is 4.82. The van der Waals surface area contributed by atoms with Crippen LogP contribution in [0.2, 0.25) is 0 Å². The zero-order valence-electron chi connectivity index (χ0n) is 9.30. The normalized spacial score (nSPS) is 18.1. The van der Waals surface area contributed by atoms with Gasteiger partial charge in [0.1, 0.15) is 5.54 Å². The summed E-state index contributed by atoms with van der Waals surface area (Å²) in [5.41, 5.74) is -0.585. The molecule has 1 fully saturated rings. The lowest BCUT2D eigenvalue weighted by atomic mass is 9.77. The highest BCUT2D eigenvalue weighted by atomic mass is 16.4. The van der Waals surface area contributed by atoms with E-state index >= 15 is 0 Å². The van der Waals surface area contributed by atoms with Crippen molar-refractivity contribution in [3.8, 4) is 0 Å². The molecule has 0 bridgehead atoms. The molecule has 0 amide bonds. The molecule has 86 valence electrons. The third-order valence-corrected chi connectivity index (χ3v) is 3.16. The molecule has 1 aliphatic rings. The van der Waals surface area contributed by atoms with E-state index in [1.54, 1.807) is 0 Å². The zero-order valence-corrected chi connectivity index (χ0v) is 9.30. The van der Waals surface area contributed by atoms with Gasteiger partial charge in [-0.3, -0.25) is 4.79 Å². The second-order valence-corrected chi connectivity index (χ2v) is 4.31. The Bertz CT molecular complexity index is 222. The van der Waals surface area contributed by atoms with Gasteiger partial charge in [0.2, 0.25) is 0 Å². The molecule has 0 aromatic heterocycles. The molecular formula is C12H21NO2. The van der Waals surface area contributed by atoms with Gasteiger partial charge in [-0.05, 0) is 45.1 Å². The molecule has 0 heterocycles. The Morgan fingerprint density at radius 1 is 1.40 bits per heavy atom. The van der Waals surface area contributed by atoms with Crippen molar-refractivity contribution in [1.82, 2.24) is 5.32 Å². The third-order valence-electron chi connectivity index (χ3n) is 3.16. The van der Waals surface area contributed by atoms with Gasteiger partial charge in [-0.25, -0.2) is 0 Å². The van der Waals surface area contributed by atoms with E-state index in [1.165, 1.54) is 0 Å². The Hall–Kier alpha value is -0.830. The maximum Gasteiger partial charge on any atom is 0.323 e. The second kappa shape index (κ2) is 5.91. The molecule has 0 atom stereocenters. The first-order valence-corrected chi connectivity index (χ1v) is 5.80. The van der Waals surface area contributed by atoms with Crippen molar-refractivity contribution in [3.63, 3.8) is 0 Å². The molecule has 1 rings (SSSR count). The van der Waals surface area contributed by atoms with E-state index in [1.807, 2.05) is 6.08 Å². The summed E-state index contributed by atoms with van der Waals surface area (Å²) >= 11 is 0. The molecule has 1 aliphatic carbocycles. The molecule has 0 unspecified atom stereocenters. The fourth-order valence-corrected chi connectivity index (χ4v) is 1.91. The van der Waals surface area contributed by atoms with Gasteiger partial charge in [-0.1, -0.05) is 12.5 Å². The van der Waals surface area contributed by atoms with Crippen LogP contribution in [0.5, 0.6) is 0 Å². The summed E-state index contributed by atoms with van der Waals surface area (Å²) in [5.74, 6) is -0.681. The van der Waals surface area contributed by atoms with Gasteiger partial charge in [0.15, 0.2) is 0 Å². The molecule has 2 N–H and O–H groups in total. The van der Waals surface area contributed by atoms with Crippen LogP contribution in [-0.4, -0.2) is 23.2 Å². The number of allylic oxidation sites excluding steroid dienone is 1. The van der Waals surface area contributed by atoms with E-state index in [4.69, 9.17) is 5.11 Å². The molecule has 0 saturated heterocycles. The number of rotatable bonds is 8. The van der Waals surface area contributed by atoms with Crippen molar-refractivity contribution in [2.45, 2.75) is 50.5 Å². The van der Waals surface area contributed by atoms with Crippen LogP contribution in [0, 0.1) is 0 Å². The number of unbranched alkanes of at least 4 members (excludes halogenated alkanes) is 3. The number of carboxylic acid groups (broad SMARTS) is 1. The van der Waals surface area contributed by atoms with Gasteiger partial charge in [0.05, 0.1) is 0 Å². The van der Waals surface area contributed by atoms with E-state index < -0.39 is 11.5 Å². The minimum Gasteiger partial charge on any atom is -0.480 e. The highest BCUT2D eigenvalue weighted by molar-refractivity contribution is 5.79. The van der Waals surface area contributed by atoms with E-state index in [0.29, 0.717) is 0 Å². The predicted octanol–water partition coefficient (Wildman–Crippen LogP) is 2.33. The SMILES string of the molecule is C=CCCCCCNC1(C(=O)O)CCC1. The molecule has 3 nitrogen and oxygen atoms in total. The van der Waals surface area contributed by atoms with Crippen molar-refractivity contribution in [2.75, 3.05) is 6.54 Å². The fourth-order valence-electron chi connectivity index (χ4n) is 1.91. The van der Waals surface area contributed by atoms with E-state index in [-0.39, 0.29) is 0 Å². The number of carboxylic acids is 1. The average Bonchev–Trinajstić information content (AvgIpc) is 2.13. The Morgan fingerprint density at radius 2 is 2.13 bits per heavy atom. The molecular weight excluding hydrogens is 190 g/mol. The minimum absolute atomic E-state index is 0.585. The van der Waals surface area contributed by atoms with Gasteiger partial charge < -0.3 is 10.4 Å². The van der Waals surface area contributed by atoms with Crippen LogP contribution in [0.4, 0.5) is 0 Å². The smallest absolute Gasteiger partial charge is 0.323 e. The standard InChI is InChI=1S/C12H21NO2/c1-2-3-4-5-6-10-13-12(11(14)15)8-7-9-12/h2,13H,1,3-10H2,(H,14,15). The maximum atomic E-state index is 11.0. The molecule has 0 spiro atoms. The summed E-state index contributed by atoms with van der Waals surface area (Å²) in [6, 6.07) is 0. The van der Waals surface area contributed by atoms with Crippen LogP contribution in [0.15, 0.2) is 12.7 Å². The highest BCUT2D eigenvalue weighted by Crippen LogP contribution is 2.31. The predicted molar refractivity (Wildman–Crippen MR) is 60.9 cm³/mol. The lowest BCUT2D eigenvalue weighted by Crippen LogP contribution is -2.57. The first kappa shape index (κ1) is 12.2. The molecule has 0 radical (unpaired) electrons. The molecule has 15 heavy (non-hydrogen) atoms. The number of hydrogen-bond donors (Lipinski definition) is 2. The lowest BCUT2D eigenvalue weighted by Gasteiger charge is -2.38. The number of carbonyl (C=O) groups is 1. The highest BCUT2D eigenvalue weighted by Gasteiger charge is 2.43. The second-order valence-electron chi connectivity index (χ2n) is 4.31. The van der Waals surface area contributed by atoms with Crippen molar-refractivity contribution in [1.29, 1.82) is 0 Å². The average molecular weight is 211 g/mol. The van der Waals surface area contributed by atoms with Gasteiger partial charge in [-0.2, -0.15) is 0 Å². The number of nitrogens with one attached hydrogen (secondary N) is 1.